The monoisotopic (exact) mass is 476 g/mol. The summed E-state index contributed by atoms with van der Waals surface area (Å²) >= 11 is 0. The summed E-state index contributed by atoms with van der Waals surface area (Å²) in [4.78, 5) is 34.2. The number of H-pyrrole nitrogens is 1. The van der Waals surface area contributed by atoms with Crippen molar-refractivity contribution in [2.24, 2.45) is 0 Å². The van der Waals surface area contributed by atoms with Gasteiger partial charge in [-0.05, 0) is 36.6 Å². The number of piperazine rings is 1. The van der Waals surface area contributed by atoms with Crippen molar-refractivity contribution in [3.8, 4) is 5.75 Å². The van der Waals surface area contributed by atoms with Crippen LogP contribution in [0.2, 0.25) is 0 Å². The number of likely N-dealkylation sites (tertiary alicyclic amines) is 1. The topological polar surface area (TPSA) is 89.1 Å². The quantitative estimate of drug-likeness (QED) is 0.519. The molecule has 2 aromatic carbocycles. The van der Waals surface area contributed by atoms with E-state index in [0.717, 1.165) is 48.0 Å². The lowest BCUT2D eigenvalue weighted by Crippen LogP contribution is -2.51. The van der Waals surface area contributed by atoms with Gasteiger partial charge in [-0.1, -0.05) is 30.3 Å². The van der Waals surface area contributed by atoms with Crippen LogP contribution in [0.5, 0.6) is 5.75 Å². The third-order valence-corrected chi connectivity index (χ3v) is 7.05. The number of carbonyl (C=O) groups is 2. The number of aromatic nitrogens is 1. The molecule has 2 aliphatic rings. The van der Waals surface area contributed by atoms with Crippen molar-refractivity contribution in [3.63, 3.8) is 0 Å². The van der Waals surface area contributed by atoms with E-state index in [9.17, 15) is 14.7 Å². The SMILES string of the molecule is O=C(O)[C@H](c1c[nH]c2ccc(OCc3ccccc3)cc12)N1CCN(CC(=O)N2CCCC2)CC1. The second-order valence-corrected chi connectivity index (χ2v) is 9.37. The number of fused-ring (bicyclic) bond motifs is 1. The van der Waals surface area contributed by atoms with Crippen LogP contribution in [-0.2, 0) is 16.2 Å². The Hall–Kier alpha value is -3.36. The molecule has 0 saturated carbocycles. The molecule has 0 aliphatic carbocycles. The third-order valence-electron chi connectivity index (χ3n) is 7.05. The van der Waals surface area contributed by atoms with Gasteiger partial charge in [0.15, 0.2) is 0 Å². The maximum absolute atomic E-state index is 12.5. The summed E-state index contributed by atoms with van der Waals surface area (Å²) in [5.41, 5.74) is 2.69. The fourth-order valence-corrected chi connectivity index (χ4v) is 5.10. The summed E-state index contributed by atoms with van der Waals surface area (Å²) in [6.07, 6.45) is 3.97. The Morgan fingerprint density at radius 2 is 1.71 bits per heavy atom. The number of aromatic amines is 1. The zero-order valence-electron chi connectivity index (χ0n) is 19.9. The number of nitrogens with one attached hydrogen (secondary N) is 1. The molecule has 2 fully saturated rings. The van der Waals surface area contributed by atoms with Crippen molar-refractivity contribution in [1.29, 1.82) is 0 Å². The van der Waals surface area contributed by atoms with Gasteiger partial charge < -0.3 is 19.7 Å². The van der Waals surface area contributed by atoms with Gasteiger partial charge in [0, 0.05) is 61.9 Å². The Bertz CT molecular complexity index is 1160. The van der Waals surface area contributed by atoms with Crippen molar-refractivity contribution in [1.82, 2.24) is 19.7 Å². The van der Waals surface area contributed by atoms with Crippen molar-refractivity contribution in [2.75, 3.05) is 45.8 Å². The van der Waals surface area contributed by atoms with E-state index in [1.54, 1.807) is 6.20 Å². The molecule has 3 heterocycles. The summed E-state index contributed by atoms with van der Waals surface area (Å²) in [6.45, 7) is 5.14. The predicted octanol–water partition coefficient (Wildman–Crippen LogP) is 3.11. The third kappa shape index (κ3) is 5.33. The van der Waals surface area contributed by atoms with Gasteiger partial charge in [0.1, 0.15) is 18.4 Å². The van der Waals surface area contributed by atoms with Crippen molar-refractivity contribution >= 4 is 22.8 Å². The van der Waals surface area contributed by atoms with Gasteiger partial charge in [-0.2, -0.15) is 0 Å². The standard InChI is InChI=1S/C27H32N4O4/c32-25(30-10-4-5-11-30)18-29-12-14-31(15-13-29)26(27(33)34)23-17-28-24-9-8-21(16-22(23)24)35-19-20-6-2-1-3-7-20/h1-3,6-9,16-17,26,28H,4-5,10-15,18-19H2,(H,33,34)/t26-/m0/s1. The Morgan fingerprint density at radius 3 is 2.43 bits per heavy atom. The number of aliphatic carboxylic acids is 1. The fraction of sp³-hybridized carbons (Fsp3) is 0.407. The molecule has 0 unspecified atom stereocenters. The molecule has 184 valence electrons. The molecule has 0 spiro atoms. The van der Waals surface area contributed by atoms with E-state index in [-0.39, 0.29) is 5.91 Å². The van der Waals surface area contributed by atoms with Gasteiger partial charge in [0.25, 0.3) is 0 Å². The van der Waals surface area contributed by atoms with Crippen molar-refractivity contribution < 1.29 is 19.4 Å². The minimum atomic E-state index is -0.872. The van der Waals surface area contributed by atoms with Crippen LogP contribution in [-0.4, -0.2) is 82.5 Å². The Morgan fingerprint density at radius 1 is 0.971 bits per heavy atom. The number of amides is 1. The summed E-state index contributed by atoms with van der Waals surface area (Å²) in [6, 6.07) is 14.9. The Labute approximate surface area is 205 Å². The van der Waals surface area contributed by atoms with Crippen LogP contribution in [0.4, 0.5) is 0 Å². The zero-order valence-corrected chi connectivity index (χ0v) is 19.9. The average Bonchev–Trinajstić information content (AvgIpc) is 3.55. The van der Waals surface area contributed by atoms with E-state index >= 15 is 0 Å². The van der Waals surface area contributed by atoms with Crippen molar-refractivity contribution in [3.05, 3.63) is 65.9 Å². The van der Waals surface area contributed by atoms with Gasteiger partial charge >= 0.3 is 5.97 Å². The number of carboxylic acid groups (broad SMARTS) is 1. The number of nitrogens with zero attached hydrogens (tertiary/aromatic N) is 3. The van der Waals surface area contributed by atoms with E-state index in [0.29, 0.717) is 45.1 Å². The smallest absolute Gasteiger partial charge is 0.325 e. The Kier molecular flexibility index (Phi) is 7.01. The lowest BCUT2D eigenvalue weighted by molar-refractivity contribution is -0.145. The highest BCUT2D eigenvalue weighted by atomic mass is 16.5. The average molecular weight is 477 g/mol. The first-order valence-electron chi connectivity index (χ1n) is 12.3. The summed E-state index contributed by atoms with van der Waals surface area (Å²) in [5.74, 6) is 0.0186. The molecule has 8 heteroatoms. The molecule has 1 amide bonds. The largest absolute Gasteiger partial charge is 0.489 e. The van der Waals surface area contributed by atoms with Crippen LogP contribution < -0.4 is 4.74 Å². The minimum Gasteiger partial charge on any atom is -0.489 e. The van der Waals surface area contributed by atoms with Gasteiger partial charge in [0.05, 0.1) is 6.54 Å². The Balaban J connectivity index is 1.27. The summed E-state index contributed by atoms with van der Waals surface area (Å²) < 4.78 is 5.99. The minimum absolute atomic E-state index is 0.186. The van der Waals surface area contributed by atoms with Gasteiger partial charge in [-0.25, -0.2) is 0 Å². The molecule has 8 nitrogen and oxygen atoms in total. The molecule has 1 atom stereocenters. The molecule has 2 saturated heterocycles. The normalized spacial score (nSPS) is 18.1. The number of hydrogen-bond donors (Lipinski definition) is 2. The fourth-order valence-electron chi connectivity index (χ4n) is 5.10. The highest BCUT2D eigenvalue weighted by Crippen LogP contribution is 2.32. The van der Waals surface area contributed by atoms with E-state index in [4.69, 9.17) is 4.74 Å². The van der Waals surface area contributed by atoms with Crippen LogP contribution in [0.3, 0.4) is 0 Å². The van der Waals surface area contributed by atoms with Crippen molar-refractivity contribution in [2.45, 2.75) is 25.5 Å². The first-order valence-corrected chi connectivity index (χ1v) is 12.3. The second-order valence-electron chi connectivity index (χ2n) is 9.37. The van der Waals surface area contributed by atoms with Gasteiger partial charge in [-0.3, -0.25) is 19.4 Å². The van der Waals surface area contributed by atoms with E-state index in [1.165, 1.54) is 0 Å². The number of rotatable bonds is 8. The lowest BCUT2D eigenvalue weighted by Gasteiger charge is -2.37. The molecule has 0 radical (unpaired) electrons. The first-order chi connectivity index (χ1) is 17.1. The second kappa shape index (κ2) is 10.5. The number of ether oxygens (including phenoxy) is 1. The summed E-state index contributed by atoms with van der Waals surface area (Å²) in [7, 11) is 0. The predicted molar refractivity (Wildman–Crippen MR) is 133 cm³/mol. The molecule has 2 N–H and O–H groups in total. The van der Waals surface area contributed by atoms with Gasteiger partial charge in [0.2, 0.25) is 5.91 Å². The van der Waals surface area contributed by atoms with Crippen LogP contribution in [0.1, 0.15) is 30.0 Å². The number of benzene rings is 2. The van der Waals surface area contributed by atoms with Crippen LogP contribution in [0.25, 0.3) is 10.9 Å². The van der Waals surface area contributed by atoms with E-state index < -0.39 is 12.0 Å². The first kappa shape index (κ1) is 23.4. The molecule has 3 aromatic rings. The molecule has 1 aromatic heterocycles. The lowest BCUT2D eigenvalue weighted by atomic mass is 10.0. The maximum atomic E-state index is 12.5. The molecular formula is C27H32N4O4. The zero-order chi connectivity index (χ0) is 24.2. The number of hydrogen-bond acceptors (Lipinski definition) is 5. The maximum Gasteiger partial charge on any atom is 0.325 e. The van der Waals surface area contributed by atoms with E-state index in [2.05, 4.69) is 9.88 Å². The highest BCUT2D eigenvalue weighted by Gasteiger charge is 2.33. The molecule has 35 heavy (non-hydrogen) atoms. The van der Waals surface area contributed by atoms with Crippen LogP contribution in [0.15, 0.2) is 54.7 Å². The number of carboxylic acids is 1. The summed E-state index contributed by atoms with van der Waals surface area (Å²) in [5, 5.41) is 11.0. The highest BCUT2D eigenvalue weighted by molar-refractivity contribution is 5.90. The number of carbonyl (C=O) groups excluding carboxylic acids is 1. The van der Waals surface area contributed by atoms with E-state index in [1.807, 2.05) is 58.3 Å². The van der Waals surface area contributed by atoms with Crippen LogP contribution in [0, 0.1) is 0 Å². The van der Waals surface area contributed by atoms with Gasteiger partial charge in [-0.15, -0.1) is 0 Å². The molecular weight excluding hydrogens is 444 g/mol. The molecule has 0 bridgehead atoms. The molecule has 2 aliphatic heterocycles. The molecule has 5 rings (SSSR count). The van der Waals surface area contributed by atoms with Crippen LogP contribution >= 0.6 is 0 Å².